The SMILES string of the molecule is CC1(C)Oc2c(CO[Si](C)(C)C(C)(C)C)oc(-c3coc(C#N)c3N)c2O1. The number of ether oxygens (including phenoxy) is 2. The van der Waals surface area contributed by atoms with E-state index < -0.39 is 14.1 Å². The summed E-state index contributed by atoms with van der Waals surface area (Å²) in [5, 5.41) is 9.15. The molecule has 0 spiro atoms. The first-order valence-electron chi connectivity index (χ1n) is 8.81. The number of hydrogen-bond donors (Lipinski definition) is 1. The minimum atomic E-state index is -1.98. The molecule has 0 aromatic carbocycles. The van der Waals surface area contributed by atoms with Gasteiger partial charge in [-0.2, -0.15) is 5.26 Å². The summed E-state index contributed by atoms with van der Waals surface area (Å²) in [6.45, 7) is 14.8. The van der Waals surface area contributed by atoms with Crippen molar-refractivity contribution in [1.82, 2.24) is 0 Å². The molecule has 3 rings (SSSR count). The molecule has 1 aliphatic heterocycles. The lowest BCUT2D eigenvalue weighted by atomic mass is 10.2. The first kappa shape index (κ1) is 19.4. The molecule has 8 heteroatoms. The van der Waals surface area contributed by atoms with Crippen LogP contribution >= 0.6 is 0 Å². The Hall–Kier alpha value is -2.37. The summed E-state index contributed by atoms with van der Waals surface area (Å²) in [6.07, 6.45) is 1.39. The van der Waals surface area contributed by atoms with E-state index in [-0.39, 0.29) is 23.1 Å². The van der Waals surface area contributed by atoms with Crippen LogP contribution in [0.3, 0.4) is 0 Å². The molecule has 0 fully saturated rings. The van der Waals surface area contributed by atoms with E-state index in [9.17, 15) is 0 Å². The Morgan fingerprint density at radius 2 is 1.85 bits per heavy atom. The van der Waals surface area contributed by atoms with Crippen molar-refractivity contribution in [2.45, 2.75) is 65.1 Å². The van der Waals surface area contributed by atoms with E-state index in [0.29, 0.717) is 28.6 Å². The third kappa shape index (κ3) is 3.33. The molecular formula is C19H26N2O5Si. The van der Waals surface area contributed by atoms with Gasteiger partial charge in [-0.25, -0.2) is 0 Å². The van der Waals surface area contributed by atoms with E-state index in [0.717, 1.165) is 0 Å². The van der Waals surface area contributed by atoms with Gasteiger partial charge in [0.2, 0.25) is 23.0 Å². The summed E-state index contributed by atoms with van der Waals surface area (Å²) >= 11 is 0. The Bertz CT molecular complexity index is 912. The number of hydrogen-bond acceptors (Lipinski definition) is 7. The van der Waals surface area contributed by atoms with E-state index in [2.05, 4.69) is 33.9 Å². The lowest BCUT2D eigenvalue weighted by molar-refractivity contribution is -0.0468. The fourth-order valence-corrected chi connectivity index (χ4v) is 3.44. The number of nitriles is 1. The third-order valence-corrected chi connectivity index (χ3v) is 9.61. The van der Waals surface area contributed by atoms with E-state index >= 15 is 0 Å². The second kappa shape index (κ2) is 6.07. The van der Waals surface area contributed by atoms with Gasteiger partial charge in [-0.05, 0) is 18.1 Å². The molecule has 0 unspecified atom stereocenters. The fraction of sp³-hybridized carbons (Fsp3) is 0.526. The number of rotatable bonds is 4. The van der Waals surface area contributed by atoms with Crippen LogP contribution in [0.1, 0.15) is 46.1 Å². The molecule has 0 saturated carbocycles. The Balaban J connectivity index is 2.00. The molecule has 0 aliphatic carbocycles. The van der Waals surface area contributed by atoms with Crippen LogP contribution in [0, 0.1) is 11.3 Å². The van der Waals surface area contributed by atoms with E-state index in [1.54, 1.807) is 0 Å². The highest BCUT2D eigenvalue weighted by Crippen LogP contribution is 2.52. The second-order valence-electron chi connectivity index (χ2n) is 8.67. The highest BCUT2D eigenvalue weighted by molar-refractivity contribution is 6.74. The molecule has 146 valence electrons. The fourth-order valence-electron chi connectivity index (χ4n) is 2.52. The number of fused-ring (bicyclic) bond motifs is 1. The van der Waals surface area contributed by atoms with Crippen molar-refractivity contribution in [2.24, 2.45) is 0 Å². The van der Waals surface area contributed by atoms with Gasteiger partial charge in [0.05, 0.1) is 12.2 Å². The number of nitrogens with zero attached hydrogens (tertiary/aromatic N) is 1. The summed E-state index contributed by atoms with van der Waals surface area (Å²) in [7, 11) is -1.98. The van der Waals surface area contributed by atoms with Gasteiger partial charge in [-0.15, -0.1) is 0 Å². The van der Waals surface area contributed by atoms with Gasteiger partial charge in [0.25, 0.3) is 0 Å². The molecule has 0 amide bonds. The predicted molar refractivity (Wildman–Crippen MR) is 103 cm³/mol. The van der Waals surface area contributed by atoms with Crippen molar-refractivity contribution < 1.29 is 22.7 Å². The van der Waals surface area contributed by atoms with Crippen LogP contribution < -0.4 is 15.2 Å². The van der Waals surface area contributed by atoms with Crippen LogP contribution in [-0.4, -0.2) is 14.1 Å². The lowest BCUT2D eigenvalue weighted by Gasteiger charge is -2.35. The maximum Gasteiger partial charge on any atom is 0.246 e. The van der Waals surface area contributed by atoms with Crippen LogP contribution in [0.15, 0.2) is 15.1 Å². The van der Waals surface area contributed by atoms with E-state index in [1.165, 1.54) is 6.26 Å². The van der Waals surface area contributed by atoms with Crippen LogP contribution in [-0.2, 0) is 11.0 Å². The Morgan fingerprint density at radius 3 is 2.41 bits per heavy atom. The molecule has 0 radical (unpaired) electrons. The zero-order valence-corrected chi connectivity index (χ0v) is 17.9. The Morgan fingerprint density at radius 1 is 1.22 bits per heavy atom. The van der Waals surface area contributed by atoms with Crippen LogP contribution in [0.25, 0.3) is 11.3 Å². The second-order valence-corrected chi connectivity index (χ2v) is 13.5. The van der Waals surface area contributed by atoms with Crippen molar-refractivity contribution >= 4 is 14.0 Å². The van der Waals surface area contributed by atoms with Gasteiger partial charge in [0, 0.05) is 13.8 Å². The number of anilines is 1. The molecule has 2 aromatic rings. The monoisotopic (exact) mass is 390 g/mol. The molecule has 3 heterocycles. The predicted octanol–water partition coefficient (Wildman–Crippen LogP) is 5.02. The summed E-state index contributed by atoms with van der Waals surface area (Å²) in [5.41, 5.74) is 6.69. The summed E-state index contributed by atoms with van der Waals surface area (Å²) in [4.78, 5) is 0. The molecule has 2 aromatic heterocycles. The molecule has 7 nitrogen and oxygen atoms in total. The maximum atomic E-state index is 9.08. The van der Waals surface area contributed by atoms with E-state index in [1.807, 2.05) is 19.9 Å². The normalized spacial score (nSPS) is 15.8. The average Bonchev–Trinajstić information content (AvgIpc) is 3.15. The quantitative estimate of drug-likeness (QED) is 0.731. The smallest absolute Gasteiger partial charge is 0.246 e. The molecule has 1 aliphatic rings. The van der Waals surface area contributed by atoms with E-state index in [4.69, 9.17) is 33.7 Å². The van der Waals surface area contributed by atoms with Gasteiger partial charge in [0.15, 0.2) is 19.8 Å². The summed E-state index contributed by atoms with van der Waals surface area (Å²) in [6, 6.07) is 1.91. The topological polar surface area (TPSA) is 104 Å². The molecule has 2 N–H and O–H groups in total. The molecule has 27 heavy (non-hydrogen) atoms. The third-order valence-electron chi connectivity index (χ3n) is 5.13. The molecule has 0 atom stereocenters. The Kier molecular flexibility index (Phi) is 4.36. The van der Waals surface area contributed by atoms with Crippen molar-refractivity contribution in [2.75, 3.05) is 5.73 Å². The highest BCUT2D eigenvalue weighted by atomic mass is 28.4. The lowest BCUT2D eigenvalue weighted by Crippen LogP contribution is -2.40. The highest BCUT2D eigenvalue weighted by Gasteiger charge is 2.42. The van der Waals surface area contributed by atoms with Crippen molar-refractivity contribution in [3.05, 3.63) is 17.8 Å². The minimum absolute atomic E-state index is 0.0346. The van der Waals surface area contributed by atoms with Gasteiger partial charge < -0.3 is 28.5 Å². The minimum Gasteiger partial charge on any atom is -0.451 e. The summed E-state index contributed by atoms with van der Waals surface area (Å²) in [5.74, 6) is 1.08. The van der Waals surface area contributed by atoms with Gasteiger partial charge in [-0.1, -0.05) is 20.8 Å². The first-order chi connectivity index (χ1) is 12.4. The van der Waals surface area contributed by atoms with Crippen LogP contribution in [0.5, 0.6) is 11.5 Å². The van der Waals surface area contributed by atoms with Crippen LogP contribution in [0.2, 0.25) is 18.1 Å². The van der Waals surface area contributed by atoms with Gasteiger partial charge >= 0.3 is 0 Å². The molecule has 0 bridgehead atoms. The van der Waals surface area contributed by atoms with Gasteiger partial charge in [-0.3, -0.25) is 0 Å². The van der Waals surface area contributed by atoms with Crippen molar-refractivity contribution in [3.63, 3.8) is 0 Å². The molecular weight excluding hydrogens is 364 g/mol. The number of nitrogen functional groups attached to an aromatic ring is 1. The zero-order valence-electron chi connectivity index (χ0n) is 16.9. The molecule has 0 saturated heterocycles. The Labute approximate surface area is 160 Å². The van der Waals surface area contributed by atoms with Crippen molar-refractivity contribution in [3.8, 4) is 28.9 Å². The number of furan rings is 2. The largest absolute Gasteiger partial charge is 0.451 e. The maximum absolute atomic E-state index is 9.08. The van der Waals surface area contributed by atoms with Crippen molar-refractivity contribution in [1.29, 1.82) is 5.26 Å². The standard InChI is InChI=1S/C19H26N2O5Si/c1-18(2,3)27(6,7)23-10-13-16-17(26-19(4,5)25-16)15(24-13)11-9-22-12(8-20)14(11)21/h9H,10,21H2,1-7H3. The van der Waals surface area contributed by atoms with Gasteiger partial charge in [0.1, 0.15) is 18.0 Å². The zero-order chi connectivity index (χ0) is 20.2. The average molecular weight is 391 g/mol. The number of nitrogens with two attached hydrogens (primary N) is 1. The summed E-state index contributed by atoms with van der Waals surface area (Å²) < 4.78 is 29.4. The first-order valence-corrected chi connectivity index (χ1v) is 11.7. The van der Waals surface area contributed by atoms with Crippen LogP contribution in [0.4, 0.5) is 5.69 Å².